The van der Waals surface area contributed by atoms with Gasteiger partial charge in [-0.3, -0.25) is 0 Å². The van der Waals surface area contributed by atoms with Gasteiger partial charge in [0.2, 0.25) is 0 Å². The predicted molar refractivity (Wildman–Crippen MR) is 46.1 cm³/mol. The van der Waals surface area contributed by atoms with Gasteiger partial charge >= 0.3 is 0 Å². The number of nitriles is 1. The third kappa shape index (κ3) is 2.17. The van der Waals surface area contributed by atoms with Crippen LogP contribution in [0.25, 0.3) is 6.08 Å². The van der Waals surface area contributed by atoms with Crippen LogP contribution in [0.3, 0.4) is 0 Å². The second-order valence-electron chi connectivity index (χ2n) is 1.98. The maximum atomic E-state index is 8.23. The van der Waals surface area contributed by atoms with E-state index in [1.165, 1.54) is 6.08 Å². The van der Waals surface area contributed by atoms with Crippen LogP contribution in [0.15, 0.2) is 11.5 Å². The first-order valence-electron chi connectivity index (χ1n) is 3.37. The van der Waals surface area contributed by atoms with Crippen LogP contribution in [0.2, 0.25) is 0 Å². The molecule has 0 radical (unpaired) electrons. The second-order valence-corrected chi connectivity index (χ2v) is 2.92. The molecule has 0 saturated heterocycles. The van der Waals surface area contributed by atoms with E-state index in [1.54, 1.807) is 17.4 Å². The second kappa shape index (κ2) is 3.89. The lowest BCUT2D eigenvalue weighted by Gasteiger charge is -1.80. The first-order valence-corrected chi connectivity index (χ1v) is 4.25. The Kier molecular flexibility index (Phi) is 2.82. The van der Waals surface area contributed by atoms with E-state index in [2.05, 4.69) is 11.9 Å². The molecule has 0 aliphatic carbocycles. The number of hydrogen-bond donors (Lipinski definition) is 0. The average molecular weight is 164 g/mol. The van der Waals surface area contributed by atoms with Gasteiger partial charge in [0.1, 0.15) is 0 Å². The normalized spacial score (nSPS) is 10.2. The first-order chi connectivity index (χ1) is 5.36. The monoisotopic (exact) mass is 164 g/mol. The van der Waals surface area contributed by atoms with Crippen LogP contribution in [-0.2, 0) is 6.42 Å². The van der Waals surface area contributed by atoms with Crippen LogP contribution >= 0.6 is 11.3 Å². The fraction of sp³-hybridized carbons (Fsp3) is 0.250. The molecule has 0 aliphatic rings. The maximum Gasteiger partial charge on any atom is 0.0929 e. The Morgan fingerprint density at radius 3 is 3.18 bits per heavy atom. The zero-order chi connectivity index (χ0) is 8.10. The van der Waals surface area contributed by atoms with Crippen molar-refractivity contribution >= 4 is 17.4 Å². The Balaban J connectivity index is 2.74. The quantitative estimate of drug-likeness (QED) is 0.628. The number of rotatable bonds is 2. The third-order valence-electron chi connectivity index (χ3n) is 1.20. The molecule has 0 spiro atoms. The maximum absolute atomic E-state index is 8.23. The van der Waals surface area contributed by atoms with Crippen molar-refractivity contribution in [1.29, 1.82) is 5.26 Å². The minimum absolute atomic E-state index is 0.883. The Morgan fingerprint density at radius 1 is 1.82 bits per heavy atom. The molecule has 0 amide bonds. The molecule has 0 aromatic carbocycles. The Bertz CT molecular complexity index is 293. The number of thiazole rings is 1. The standard InChI is InChI=1S/C8H8N2S/c1-2-8-10-7(6-11-8)4-3-5-9/h3-4,6H,2H2,1H3/b4-3+. The summed E-state index contributed by atoms with van der Waals surface area (Å²) in [6.07, 6.45) is 4.12. The highest BCUT2D eigenvalue weighted by Gasteiger charge is 1.94. The van der Waals surface area contributed by atoms with E-state index in [4.69, 9.17) is 5.26 Å². The smallest absolute Gasteiger partial charge is 0.0929 e. The fourth-order valence-corrected chi connectivity index (χ4v) is 1.40. The summed E-state index contributed by atoms with van der Waals surface area (Å²) in [7, 11) is 0. The van der Waals surface area contributed by atoms with Gasteiger partial charge in [-0.1, -0.05) is 6.92 Å². The fourth-order valence-electron chi connectivity index (χ4n) is 0.687. The summed E-state index contributed by atoms with van der Waals surface area (Å²) in [4.78, 5) is 4.25. The van der Waals surface area contributed by atoms with Crippen molar-refractivity contribution in [3.8, 4) is 6.07 Å². The van der Waals surface area contributed by atoms with E-state index < -0.39 is 0 Å². The van der Waals surface area contributed by atoms with E-state index in [0.29, 0.717) is 0 Å². The summed E-state index contributed by atoms with van der Waals surface area (Å²) < 4.78 is 0. The number of aromatic nitrogens is 1. The lowest BCUT2D eigenvalue weighted by molar-refractivity contribution is 1.09. The van der Waals surface area contributed by atoms with Crippen molar-refractivity contribution in [2.45, 2.75) is 13.3 Å². The summed E-state index contributed by atoms with van der Waals surface area (Å²) in [5, 5.41) is 11.3. The summed E-state index contributed by atoms with van der Waals surface area (Å²) in [5.74, 6) is 0. The third-order valence-corrected chi connectivity index (χ3v) is 2.21. The Morgan fingerprint density at radius 2 is 2.64 bits per heavy atom. The molecular formula is C8H8N2S. The van der Waals surface area contributed by atoms with E-state index >= 15 is 0 Å². The number of nitrogens with zero attached hydrogens (tertiary/aromatic N) is 2. The van der Waals surface area contributed by atoms with Gasteiger partial charge in [-0.05, 0) is 12.5 Å². The van der Waals surface area contributed by atoms with Gasteiger partial charge in [0.05, 0.1) is 16.8 Å². The molecule has 2 nitrogen and oxygen atoms in total. The molecule has 56 valence electrons. The molecular weight excluding hydrogens is 156 g/mol. The summed E-state index contributed by atoms with van der Waals surface area (Å²) in [6, 6.07) is 1.93. The summed E-state index contributed by atoms with van der Waals surface area (Å²) >= 11 is 1.63. The Hall–Kier alpha value is -1.14. The van der Waals surface area contributed by atoms with E-state index in [1.807, 2.05) is 11.4 Å². The Labute approximate surface area is 69.8 Å². The number of allylic oxidation sites excluding steroid dienone is 1. The zero-order valence-electron chi connectivity index (χ0n) is 6.24. The van der Waals surface area contributed by atoms with Gasteiger partial charge in [-0.25, -0.2) is 4.98 Å². The molecule has 11 heavy (non-hydrogen) atoms. The minimum Gasteiger partial charge on any atom is -0.242 e. The van der Waals surface area contributed by atoms with Gasteiger partial charge in [-0.15, -0.1) is 11.3 Å². The van der Waals surface area contributed by atoms with E-state index in [0.717, 1.165) is 17.1 Å². The molecule has 0 unspecified atom stereocenters. The van der Waals surface area contributed by atoms with Gasteiger partial charge < -0.3 is 0 Å². The lowest BCUT2D eigenvalue weighted by Crippen LogP contribution is -1.76. The van der Waals surface area contributed by atoms with Crippen molar-refractivity contribution in [3.05, 3.63) is 22.2 Å². The molecule has 0 saturated carbocycles. The highest BCUT2D eigenvalue weighted by Crippen LogP contribution is 2.10. The van der Waals surface area contributed by atoms with Gasteiger partial charge in [0.25, 0.3) is 0 Å². The molecule has 0 fully saturated rings. The largest absolute Gasteiger partial charge is 0.242 e. The van der Waals surface area contributed by atoms with Crippen LogP contribution in [0.1, 0.15) is 17.6 Å². The van der Waals surface area contributed by atoms with Crippen molar-refractivity contribution in [2.24, 2.45) is 0 Å². The molecule has 1 rings (SSSR count). The minimum atomic E-state index is 0.883. The molecule has 1 aromatic rings. The molecule has 1 heterocycles. The van der Waals surface area contributed by atoms with Crippen molar-refractivity contribution in [1.82, 2.24) is 4.98 Å². The van der Waals surface area contributed by atoms with E-state index in [-0.39, 0.29) is 0 Å². The first kappa shape index (κ1) is 7.96. The van der Waals surface area contributed by atoms with Gasteiger partial charge in [0, 0.05) is 11.5 Å². The molecule has 0 bridgehead atoms. The number of hydrogen-bond acceptors (Lipinski definition) is 3. The lowest BCUT2D eigenvalue weighted by atomic mass is 10.4. The number of aryl methyl sites for hydroxylation is 1. The highest BCUT2D eigenvalue weighted by atomic mass is 32.1. The highest BCUT2D eigenvalue weighted by molar-refractivity contribution is 7.09. The van der Waals surface area contributed by atoms with Crippen LogP contribution in [-0.4, -0.2) is 4.98 Å². The molecule has 0 atom stereocenters. The average Bonchev–Trinajstić information content (AvgIpc) is 2.48. The molecule has 3 heteroatoms. The molecule has 1 aromatic heterocycles. The van der Waals surface area contributed by atoms with Gasteiger partial charge in [-0.2, -0.15) is 5.26 Å². The summed E-state index contributed by atoms with van der Waals surface area (Å²) in [5.41, 5.74) is 0.883. The van der Waals surface area contributed by atoms with Crippen LogP contribution in [0.4, 0.5) is 0 Å². The van der Waals surface area contributed by atoms with Crippen molar-refractivity contribution in [3.63, 3.8) is 0 Å². The van der Waals surface area contributed by atoms with E-state index in [9.17, 15) is 0 Å². The van der Waals surface area contributed by atoms with Crippen LogP contribution in [0.5, 0.6) is 0 Å². The zero-order valence-corrected chi connectivity index (χ0v) is 7.06. The van der Waals surface area contributed by atoms with Crippen LogP contribution in [0, 0.1) is 11.3 Å². The molecule has 0 N–H and O–H groups in total. The topological polar surface area (TPSA) is 36.7 Å². The molecule has 0 aliphatic heterocycles. The van der Waals surface area contributed by atoms with Gasteiger partial charge in [0.15, 0.2) is 0 Å². The SMILES string of the molecule is CCc1nc(/C=C/C#N)cs1. The van der Waals surface area contributed by atoms with Crippen molar-refractivity contribution < 1.29 is 0 Å². The van der Waals surface area contributed by atoms with Crippen LogP contribution < -0.4 is 0 Å². The predicted octanol–water partition coefficient (Wildman–Crippen LogP) is 2.24. The van der Waals surface area contributed by atoms with Crippen molar-refractivity contribution in [2.75, 3.05) is 0 Å². The summed E-state index contributed by atoms with van der Waals surface area (Å²) in [6.45, 7) is 2.07.